The summed E-state index contributed by atoms with van der Waals surface area (Å²) in [5, 5.41) is 10.5. The number of alkyl halides is 5. The molecule has 1 aromatic carbocycles. The molecule has 0 saturated carbocycles. The van der Waals surface area contributed by atoms with Crippen LogP contribution in [0.15, 0.2) is 42.7 Å². The molecule has 1 aliphatic rings. The smallest absolute Gasteiger partial charge is 0.403 e. The number of carbonyl (C=O) groups excluding carboxylic acids is 1. The molecule has 1 amide bonds. The fraction of sp³-hybridized carbons (Fsp3) is 0.333. The third kappa shape index (κ3) is 6.61. The summed E-state index contributed by atoms with van der Waals surface area (Å²) in [5.41, 5.74) is 0.827. The van der Waals surface area contributed by atoms with E-state index in [1.54, 1.807) is 12.1 Å². The first-order valence-corrected chi connectivity index (χ1v) is 10.3. The van der Waals surface area contributed by atoms with Crippen LogP contribution in [0.4, 0.5) is 38.0 Å². The van der Waals surface area contributed by atoms with E-state index in [0.717, 1.165) is 16.9 Å². The second kappa shape index (κ2) is 9.43. The van der Waals surface area contributed by atoms with Gasteiger partial charge in [0, 0.05) is 19.2 Å². The third-order valence-electron chi connectivity index (χ3n) is 5.02. The fourth-order valence-corrected chi connectivity index (χ4v) is 3.46. The van der Waals surface area contributed by atoms with E-state index in [-0.39, 0.29) is 37.3 Å². The van der Waals surface area contributed by atoms with Gasteiger partial charge in [-0.25, -0.2) is 18.2 Å². The maximum Gasteiger partial charge on any atom is 0.573 e. The Balaban J connectivity index is 1.30. The van der Waals surface area contributed by atoms with Crippen LogP contribution in [0, 0.1) is 5.82 Å². The van der Waals surface area contributed by atoms with Crippen molar-refractivity contribution in [2.45, 2.75) is 31.7 Å². The van der Waals surface area contributed by atoms with E-state index >= 15 is 0 Å². The first-order valence-electron chi connectivity index (χ1n) is 10.3. The van der Waals surface area contributed by atoms with Crippen molar-refractivity contribution in [2.24, 2.45) is 0 Å². The van der Waals surface area contributed by atoms with E-state index < -0.39 is 36.3 Å². The van der Waals surface area contributed by atoms with Gasteiger partial charge in [0.05, 0.1) is 25.7 Å². The summed E-state index contributed by atoms with van der Waals surface area (Å²) in [6, 6.07) is 6.13. The number of hydrogen-bond acceptors (Lipinski definition) is 6. The summed E-state index contributed by atoms with van der Waals surface area (Å²) >= 11 is 0. The van der Waals surface area contributed by atoms with Crippen molar-refractivity contribution in [1.29, 1.82) is 0 Å². The maximum atomic E-state index is 13.8. The molecule has 3 aromatic rings. The highest BCUT2D eigenvalue weighted by molar-refractivity contribution is 5.91. The van der Waals surface area contributed by atoms with Gasteiger partial charge in [0.2, 0.25) is 5.91 Å². The number of nitrogens with zero attached hydrogens (tertiary/aromatic N) is 5. The second-order valence-corrected chi connectivity index (χ2v) is 7.85. The minimum Gasteiger partial charge on any atom is -0.403 e. The van der Waals surface area contributed by atoms with Crippen molar-refractivity contribution in [3.05, 3.63) is 59.7 Å². The van der Waals surface area contributed by atoms with Crippen molar-refractivity contribution in [3.63, 3.8) is 0 Å². The average molecular weight is 500 g/mol. The SMILES string of the molecule is O=C(Cc1ccc(N2CCC(F)(F)C2)nc1)Nc1cnn(Cc2ccc(OC(F)(F)F)c(F)c2)n1. The summed E-state index contributed by atoms with van der Waals surface area (Å²) in [6.07, 6.45) is -2.61. The Hall–Kier alpha value is -3.84. The van der Waals surface area contributed by atoms with Crippen LogP contribution in [0.2, 0.25) is 0 Å². The zero-order valence-electron chi connectivity index (χ0n) is 17.9. The van der Waals surface area contributed by atoms with Gasteiger partial charge in [-0.15, -0.1) is 18.3 Å². The van der Waals surface area contributed by atoms with E-state index in [2.05, 4.69) is 25.2 Å². The number of aromatic nitrogens is 4. The highest BCUT2D eigenvalue weighted by atomic mass is 19.4. The van der Waals surface area contributed by atoms with Crippen LogP contribution in [0.3, 0.4) is 0 Å². The zero-order valence-corrected chi connectivity index (χ0v) is 17.9. The summed E-state index contributed by atoms with van der Waals surface area (Å²) in [4.78, 5) is 19.0. The molecule has 0 unspecified atom stereocenters. The lowest BCUT2D eigenvalue weighted by Crippen LogP contribution is -2.25. The van der Waals surface area contributed by atoms with E-state index in [1.165, 1.54) is 23.4 Å². The molecule has 186 valence electrons. The number of hydrogen-bond donors (Lipinski definition) is 1. The van der Waals surface area contributed by atoms with Gasteiger partial charge < -0.3 is 15.0 Å². The molecule has 0 spiro atoms. The number of halogens is 6. The number of anilines is 2. The monoisotopic (exact) mass is 500 g/mol. The van der Waals surface area contributed by atoms with Crippen LogP contribution in [0.5, 0.6) is 5.75 Å². The lowest BCUT2D eigenvalue weighted by atomic mass is 10.2. The van der Waals surface area contributed by atoms with E-state index in [9.17, 15) is 31.1 Å². The van der Waals surface area contributed by atoms with E-state index in [4.69, 9.17) is 0 Å². The van der Waals surface area contributed by atoms with Crippen molar-refractivity contribution in [2.75, 3.05) is 23.3 Å². The highest BCUT2D eigenvalue weighted by Crippen LogP contribution is 2.30. The molecular formula is C21H18F6N6O2. The second-order valence-electron chi connectivity index (χ2n) is 7.85. The Morgan fingerprint density at radius 1 is 1.14 bits per heavy atom. The summed E-state index contributed by atoms with van der Waals surface area (Å²) in [6.45, 7) is -0.263. The molecule has 14 heteroatoms. The molecule has 0 bridgehead atoms. The maximum absolute atomic E-state index is 13.8. The molecule has 1 aliphatic heterocycles. The number of nitrogens with one attached hydrogen (secondary N) is 1. The van der Waals surface area contributed by atoms with Gasteiger partial charge in [0.25, 0.3) is 5.92 Å². The molecular weight excluding hydrogens is 482 g/mol. The van der Waals surface area contributed by atoms with Crippen molar-refractivity contribution in [1.82, 2.24) is 20.0 Å². The molecule has 0 aliphatic carbocycles. The number of carbonyl (C=O) groups is 1. The quantitative estimate of drug-likeness (QED) is 0.497. The Morgan fingerprint density at radius 3 is 2.54 bits per heavy atom. The predicted molar refractivity (Wildman–Crippen MR) is 111 cm³/mol. The number of rotatable bonds is 7. The van der Waals surface area contributed by atoms with E-state index in [1.807, 2.05) is 0 Å². The molecule has 1 fully saturated rings. The van der Waals surface area contributed by atoms with Gasteiger partial charge in [-0.05, 0) is 29.3 Å². The minimum absolute atomic E-state index is 0.0534. The molecule has 1 saturated heterocycles. The zero-order chi connectivity index (χ0) is 25.2. The van der Waals surface area contributed by atoms with Gasteiger partial charge in [0.15, 0.2) is 17.4 Å². The molecule has 1 N–H and O–H groups in total. The summed E-state index contributed by atoms with van der Waals surface area (Å²) < 4.78 is 80.9. The van der Waals surface area contributed by atoms with Crippen molar-refractivity contribution in [3.8, 4) is 5.75 Å². The van der Waals surface area contributed by atoms with Gasteiger partial charge >= 0.3 is 6.36 Å². The van der Waals surface area contributed by atoms with Crippen LogP contribution in [-0.2, 0) is 17.8 Å². The topological polar surface area (TPSA) is 85.2 Å². The molecule has 2 aromatic heterocycles. The summed E-state index contributed by atoms with van der Waals surface area (Å²) in [7, 11) is 0. The largest absolute Gasteiger partial charge is 0.573 e. The minimum atomic E-state index is -5.01. The average Bonchev–Trinajstić information content (AvgIpc) is 3.35. The lowest BCUT2D eigenvalue weighted by molar-refractivity contribution is -0.275. The van der Waals surface area contributed by atoms with E-state index in [0.29, 0.717) is 11.4 Å². The predicted octanol–water partition coefficient (Wildman–Crippen LogP) is 3.79. The molecule has 4 rings (SSSR count). The van der Waals surface area contributed by atoms with Gasteiger partial charge in [-0.2, -0.15) is 9.90 Å². The van der Waals surface area contributed by atoms with Crippen LogP contribution in [0.25, 0.3) is 0 Å². The Labute approximate surface area is 194 Å². The third-order valence-corrected chi connectivity index (χ3v) is 5.02. The fourth-order valence-electron chi connectivity index (χ4n) is 3.46. The molecule has 35 heavy (non-hydrogen) atoms. The highest BCUT2D eigenvalue weighted by Gasteiger charge is 2.38. The Bertz CT molecular complexity index is 1200. The first-order chi connectivity index (χ1) is 16.5. The lowest BCUT2D eigenvalue weighted by Gasteiger charge is -2.17. The number of ether oxygens (including phenoxy) is 1. The van der Waals surface area contributed by atoms with Crippen LogP contribution >= 0.6 is 0 Å². The Morgan fingerprint density at radius 2 is 1.91 bits per heavy atom. The number of pyridine rings is 1. The number of benzene rings is 1. The molecule has 0 radical (unpaired) electrons. The van der Waals surface area contributed by atoms with Crippen molar-refractivity contribution >= 4 is 17.5 Å². The molecule has 8 nitrogen and oxygen atoms in total. The first kappa shape index (κ1) is 24.3. The van der Waals surface area contributed by atoms with Gasteiger partial charge in [-0.1, -0.05) is 12.1 Å². The van der Waals surface area contributed by atoms with Gasteiger partial charge in [-0.3, -0.25) is 4.79 Å². The molecule has 0 atom stereocenters. The number of amides is 1. The Kier molecular flexibility index (Phi) is 6.54. The van der Waals surface area contributed by atoms with Crippen LogP contribution < -0.4 is 15.0 Å². The standard InChI is InChI=1S/C21H18F6N6O2/c22-15-7-14(1-3-16(15)35-21(25,26)27)11-33-29-10-17(31-33)30-19(34)8-13-2-4-18(28-9-13)32-6-5-20(23,24)12-32/h1-4,7,9-10H,5-6,8,11-12H2,(H,30,31,34). The van der Waals surface area contributed by atoms with Crippen molar-refractivity contribution < 1.29 is 35.9 Å². The normalized spacial score (nSPS) is 15.3. The van der Waals surface area contributed by atoms with Crippen LogP contribution in [-0.4, -0.2) is 51.3 Å². The molecule has 3 heterocycles. The van der Waals surface area contributed by atoms with Crippen LogP contribution in [0.1, 0.15) is 17.5 Å². The van der Waals surface area contributed by atoms with Gasteiger partial charge in [0.1, 0.15) is 5.82 Å². The summed E-state index contributed by atoms with van der Waals surface area (Å²) in [5.74, 6) is -4.81.